The van der Waals surface area contributed by atoms with Crippen LogP contribution < -0.4 is 10.6 Å². The molecule has 0 spiro atoms. The van der Waals surface area contributed by atoms with Gasteiger partial charge in [-0.25, -0.2) is 8.78 Å². The molecule has 5 nitrogen and oxygen atoms in total. The summed E-state index contributed by atoms with van der Waals surface area (Å²) in [6.45, 7) is 2.15. The van der Waals surface area contributed by atoms with E-state index in [4.69, 9.17) is 10.5 Å². The summed E-state index contributed by atoms with van der Waals surface area (Å²) in [6, 6.07) is 3.39. The van der Waals surface area contributed by atoms with Crippen LogP contribution in [-0.4, -0.2) is 56.7 Å². The number of nitrogens with zero attached hydrogens (tertiary/aromatic N) is 2. The number of anilines is 1. The third-order valence-corrected chi connectivity index (χ3v) is 3.88. The van der Waals surface area contributed by atoms with E-state index < -0.39 is 11.6 Å². The first-order valence-electron chi connectivity index (χ1n) is 7.25. The number of piperazine rings is 1. The maximum absolute atomic E-state index is 13.8. The number of hydrogen-bond donors (Lipinski definition) is 1. The predicted octanol–water partition coefficient (Wildman–Crippen LogP) is 0.977. The molecule has 1 aromatic rings. The molecule has 1 unspecified atom stereocenters. The standard InChI is InChI=1S/C15H21F2N3O2/c1-22-12(10-18)9-15(21)20-6-4-19(5-7-20)14-8-11(16)2-3-13(14)17/h2-3,8,12H,4-7,9-10,18H2,1H3. The molecule has 1 aromatic carbocycles. The minimum Gasteiger partial charge on any atom is -0.380 e. The molecule has 1 aliphatic rings. The Bertz CT molecular complexity index is 516. The van der Waals surface area contributed by atoms with E-state index in [2.05, 4.69) is 0 Å². The molecular formula is C15H21F2N3O2. The average Bonchev–Trinajstić information content (AvgIpc) is 2.54. The van der Waals surface area contributed by atoms with Crippen molar-refractivity contribution >= 4 is 11.6 Å². The summed E-state index contributed by atoms with van der Waals surface area (Å²) >= 11 is 0. The predicted molar refractivity (Wildman–Crippen MR) is 79.6 cm³/mol. The topological polar surface area (TPSA) is 58.8 Å². The number of halogens is 2. The molecule has 1 saturated heterocycles. The Morgan fingerprint density at radius 1 is 1.32 bits per heavy atom. The van der Waals surface area contributed by atoms with Gasteiger partial charge in [-0.15, -0.1) is 0 Å². The zero-order valence-electron chi connectivity index (χ0n) is 12.6. The molecule has 0 saturated carbocycles. The molecule has 1 amide bonds. The lowest BCUT2D eigenvalue weighted by Gasteiger charge is -2.36. The summed E-state index contributed by atoms with van der Waals surface area (Å²) in [6.07, 6.45) is -0.0485. The Morgan fingerprint density at radius 2 is 2.00 bits per heavy atom. The molecule has 122 valence electrons. The molecule has 0 bridgehead atoms. The molecule has 0 radical (unpaired) electrons. The van der Waals surface area contributed by atoms with E-state index in [1.54, 1.807) is 9.80 Å². The summed E-state index contributed by atoms with van der Waals surface area (Å²) in [5, 5.41) is 0. The van der Waals surface area contributed by atoms with Crippen LogP contribution in [0.1, 0.15) is 6.42 Å². The number of carbonyl (C=O) groups excluding carboxylic acids is 1. The summed E-state index contributed by atoms with van der Waals surface area (Å²) < 4.78 is 32.1. The van der Waals surface area contributed by atoms with E-state index >= 15 is 0 Å². The number of nitrogens with two attached hydrogens (primary N) is 1. The largest absolute Gasteiger partial charge is 0.380 e. The number of carbonyl (C=O) groups is 1. The van der Waals surface area contributed by atoms with E-state index in [9.17, 15) is 13.6 Å². The van der Waals surface area contributed by atoms with Gasteiger partial charge < -0.3 is 20.3 Å². The minimum absolute atomic E-state index is 0.0309. The van der Waals surface area contributed by atoms with Gasteiger partial charge in [0.25, 0.3) is 0 Å². The van der Waals surface area contributed by atoms with Gasteiger partial charge in [-0.05, 0) is 12.1 Å². The summed E-state index contributed by atoms with van der Waals surface area (Å²) in [5.41, 5.74) is 5.75. The Labute approximate surface area is 128 Å². The van der Waals surface area contributed by atoms with Crippen molar-refractivity contribution < 1.29 is 18.3 Å². The molecule has 1 heterocycles. The lowest BCUT2D eigenvalue weighted by molar-refractivity contribution is -0.133. The fraction of sp³-hybridized carbons (Fsp3) is 0.533. The van der Waals surface area contributed by atoms with E-state index in [1.165, 1.54) is 13.2 Å². The Hall–Kier alpha value is -1.73. The monoisotopic (exact) mass is 313 g/mol. The second-order valence-electron chi connectivity index (χ2n) is 5.26. The van der Waals surface area contributed by atoms with Gasteiger partial charge in [0.1, 0.15) is 11.6 Å². The van der Waals surface area contributed by atoms with Crippen LogP contribution in [0, 0.1) is 11.6 Å². The number of rotatable bonds is 5. The number of ether oxygens (including phenoxy) is 1. The first kappa shape index (κ1) is 16.6. The highest BCUT2D eigenvalue weighted by atomic mass is 19.1. The molecule has 2 rings (SSSR count). The molecule has 1 fully saturated rings. The minimum atomic E-state index is -0.471. The zero-order valence-corrected chi connectivity index (χ0v) is 12.6. The van der Waals surface area contributed by atoms with Crippen molar-refractivity contribution in [2.45, 2.75) is 12.5 Å². The van der Waals surface area contributed by atoms with Gasteiger partial charge in [0, 0.05) is 45.9 Å². The highest BCUT2D eigenvalue weighted by Gasteiger charge is 2.24. The Balaban J connectivity index is 1.92. The first-order valence-corrected chi connectivity index (χ1v) is 7.25. The highest BCUT2D eigenvalue weighted by molar-refractivity contribution is 5.77. The molecule has 7 heteroatoms. The quantitative estimate of drug-likeness (QED) is 0.880. The Kier molecular flexibility index (Phi) is 5.68. The number of hydrogen-bond acceptors (Lipinski definition) is 4. The first-order chi connectivity index (χ1) is 10.5. The number of methoxy groups -OCH3 is 1. The lowest BCUT2D eigenvalue weighted by atomic mass is 10.2. The smallest absolute Gasteiger partial charge is 0.225 e. The molecule has 0 aliphatic carbocycles. The molecule has 1 atom stereocenters. The third kappa shape index (κ3) is 3.92. The molecule has 0 aromatic heterocycles. The van der Waals surface area contributed by atoms with Crippen LogP contribution in [0.5, 0.6) is 0 Å². The van der Waals surface area contributed by atoms with E-state index in [0.717, 1.165) is 12.1 Å². The van der Waals surface area contributed by atoms with Crippen molar-refractivity contribution in [3.05, 3.63) is 29.8 Å². The lowest BCUT2D eigenvalue weighted by Crippen LogP contribution is -2.50. The van der Waals surface area contributed by atoms with Crippen LogP contribution in [-0.2, 0) is 9.53 Å². The van der Waals surface area contributed by atoms with Crippen LogP contribution in [0.25, 0.3) is 0 Å². The van der Waals surface area contributed by atoms with Crippen LogP contribution in [0.4, 0.5) is 14.5 Å². The van der Waals surface area contributed by atoms with E-state index in [-0.39, 0.29) is 30.7 Å². The molecule has 2 N–H and O–H groups in total. The third-order valence-electron chi connectivity index (χ3n) is 3.88. The van der Waals surface area contributed by atoms with Gasteiger partial charge in [-0.2, -0.15) is 0 Å². The van der Waals surface area contributed by atoms with Gasteiger partial charge in [0.2, 0.25) is 5.91 Å². The van der Waals surface area contributed by atoms with Crippen LogP contribution in [0.15, 0.2) is 18.2 Å². The Morgan fingerprint density at radius 3 is 2.59 bits per heavy atom. The van der Waals surface area contributed by atoms with Crippen LogP contribution in [0.2, 0.25) is 0 Å². The van der Waals surface area contributed by atoms with Gasteiger partial charge in [0.05, 0.1) is 18.2 Å². The van der Waals surface area contributed by atoms with Crippen molar-refractivity contribution in [2.75, 3.05) is 44.7 Å². The van der Waals surface area contributed by atoms with Gasteiger partial charge >= 0.3 is 0 Å². The van der Waals surface area contributed by atoms with Gasteiger partial charge in [-0.1, -0.05) is 0 Å². The SMILES string of the molecule is COC(CN)CC(=O)N1CCN(c2cc(F)ccc2F)CC1. The van der Waals surface area contributed by atoms with Crippen LogP contribution in [0.3, 0.4) is 0 Å². The fourth-order valence-corrected chi connectivity index (χ4v) is 2.51. The number of benzene rings is 1. The highest BCUT2D eigenvalue weighted by Crippen LogP contribution is 2.22. The molecular weight excluding hydrogens is 292 g/mol. The second kappa shape index (κ2) is 7.51. The number of amides is 1. The van der Waals surface area contributed by atoms with Crippen molar-refractivity contribution in [1.82, 2.24) is 4.90 Å². The normalized spacial score (nSPS) is 16.7. The summed E-state index contributed by atoms with van der Waals surface area (Å²) in [4.78, 5) is 15.6. The van der Waals surface area contributed by atoms with E-state index in [0.29, 0.717) is 26.2 Å². The van der Waals surface area contributed by atoms with Gasteiger partial charge in [0.15, 0.2) is 0 Å². The zero-order chi connectivity index (χ0) is 16.1. The molecule has 1 aliphatic heterocycles. The fourth-order valence-electron chi connectivity index (χ4n) is 2.51. The van der Waals surface area contributed by atoms with E-state index in [1.807, 2.05) is 0 Å². The summed E-state index contributed by atoms with van der Waals surface area (Å²) in [7, 11) is 1.52. The summed E-state index contributed by atoms with van der Waals surface area (Å²) in [5.74, 6) is -0.957. The average molecular weight is 313 g/mol. The van der Waals surface area contributed by atoms with Gasteiger partial charge in [-0.3, -0.25) is 4.79 Å². The van der Waals surface area contributed by atoms with Crippen molar-refractivity contribution in [2.24, 2.45) is 5.73 Å². The van der Waals surface area contributed by atoms with Crippen molar-refractivity contribution in [1.29, 1.82) is 0 Å². The molecule has 22 heavy (non-hydrogen) atoms. The van der Waals surface area contributed by atoms with Crippen molar-refractivity contribution in [3.63, 3.8) is 0 Å². The second-order valence-corrected chi connectivity index (χ2v) is 5.26. The van der Waals surface area contributed by atoms with Crippen molar-refractivity contribution in [3.8, 4) is 0 Å². The maximum Gasteiger partial charge on any atom is 0.225 e. The maximum atomic E-state index is 13.8. The van der Waals surface area contributed by atoms with Crippen LogP contribution >= 0.6 is 0 Å².